The van der Waals surface area contributed by atoms with E-state index in [0.29, 0.717) is 49.6 Å². The van der Waals surface area contributed by atoms with E-state index in [0.717, 1.165) is 0 Å². The molecule has 140 valence electrons. The fourth-order valence-electron chi connectivity index (χ4n) is 3.10. The Morgan fingerprint density at radius 2 is 1.85 bits per heavy atom. The summed E-state index contributed by atoms with van der Waals surface area (Å²) >= 11 is 0. The van der Waals surface area contributed by atoms with Crippen LogP contribution in [0.5, 0.6) is 0 Å². The van der Waals surface area contributed by atoms with Gasteiger partial charge in [0.1, 0.15) is 17.0 Å². The van der Waals surface area contributed by atoms with E-state index in [9.17, 15) is 9.59 Å². The number of carbonyl (C=O) groups excluding carboxylic acids is 2. The molecule has 2 aromatic rings. The zero-order valence-electron chi connectivity index (χ0n) is 15.2. The summed E-state index contributed by atoms with van der Waals surface area (Å²) in [6, 6.07) is 0. The van der Waals surface area contributed by atoms with Crippen LogP contribution in [0.4, 0.5) is 5.82 Å². The van der Waals surface area contributed by atoms with Crippen LogP contribution in [0.25, 0.3) is 11.1 Å². The molecule has 0 spiro atoms. The third-order valence-corrected chi connectivity index (χ3v) is 4.31. The molecule has 0 amide bonds. The Kier molecular flexibility index (Phi) is 5.34. The number of piperidine rings is 1. The van der Waals surface area contributed by atoms with Gasteiger partial charge in [-0.25, -0.2) is 9.78 Å². The van der Waals surface area contributed by atoms with Crippen molar-refractivity contribution < 1.29 is 23.6 Å². The Morgan fingerprint density at radius 3 is 2.50 bits per heavy atom. The van der Waals surface area contributed by atoms with Gasteiger partial charge in [-0.05, 0) is 33.6 Å². The highest BCUT2D eigenvalue weighted by Crippen LogP contribution is 2.31. The molecule has 1 aliphatic heterocycles. The third kappa shape index (κ3) is 3.47. The van der Waals surface area contributed by atoms with Crippen LogP contribution in [0.15, 0.2) is 4.52 Å². The summed E-state index contributed by atoms with van der Waals surface area (Å²) in [5, 5.41) is 4.27. The van der Waals surface area contributed by atoms with Gasteiger partial charge in [-0.15, -0.1) is 0 Å². The van der Waals surface area contributed by atoms with Gasteiger partial charge in [0, 0.05) is 13.1 Å². The number of hydrogen-bond donors (Lipinski definition) is 0. The van der Waals surface area contributed by atoms with Crippen molar-refractivity contribution >= 4 is 28.9 Å². The highest BCUT2D eigenvalue weighted by atomic mass is 16.5. The van der Waals surface area contributed by atoms with E-state index in [2.05, 4.69) is 15.1 Å². The van der Waals surface area contributed by atoms with Gasteiger partial charge in [-0.1, -0.05) is 5.16 Å². The molecule has 3 rings (SSSR count). The van der Waals surface area contributed by atoms with E-state index in [1.165, 1.54) is 0 Å². The van der Waals surface area contributed by atoms with Crippen LogP contribution in [0.3, 0.4) is 0 Å². The highest BCUT2D eigenvalue weighted by molar-refractivity contribution is 6.04. The number of rotatable bonds is 5. The molecule has 0 atom stereocenters. The van der Waals surface area contributed by atoms with Crippen LogP contribution < -0.4 is 4.90 Å². The maximum Gasteiger partial charge on any atom is 0.361 e. The molecule has 0 unspecified atom stereocenters. The third-order valence-electron chi connectivity index (χ3n) is 4.31. The summed E-state index contributed by atoms with van der Waals surface area (Å²) in [4.78, 5) is 34.8. The molecule has 0 saturated carbocycles. The Bertz CT molecular complexity index is 811. The van der Waals surface area contributed by atoms with E-state index in [1.54, 1.807) is 20.8 Å². The van der Waals surface area contributed by atoms with Gasteiger partial charge < -0.3 is 18.9 Å². The van der Waals surface area contributed by atoms with Crippen LogP contribution in [0.1, 0.15) is 43.0 Å². The predicted molar refractivity (Wildman–Crippen MR) is 91.9 cm³/mol. The minimum atomic E-state index is -0.568. The molecule has 0 bridgehead atoms. The van der Waals surface area contributed by atoms with Gasteiger partial charge in [0.05, 0.1) is 19.1 Å². The zero-order valence-corrected chi connectivity index (χ0v) is 15.2. The summed E-state index contributed by atoms with van der Waals surface area (Å²) in [6.07, 6.45) is 1.31. The van der Waals surface area contributed by atoms with Crippen molar-refractivity contribution in [2.75, 3.05) is 31.2 Å². The second kappa shape index (κ2) is 7.67. The average molecular weight is 362 g/mol. The van der Waals surface area contributed by atoms with Crippen LogP contribution in [-0.2, 0) is 14.3 Å². The number of fused-ring (bicyclic) bond motifs is 1. The minimum absolute atomic E-state index is 0.0735. The number of aromatic nitrogens is 3. The Labute approximate surface area is 150 Å². The average Bonchev–Trinajstić information content (AvgIpc) is 3.05. The zero-order chi connectivity index (χ0) is 18.7. The molecule has 26 heavy (non-hydrogen) atoms. The monoisotopic (exact) mass is 362 g/mol. The fourth-order valence-corrected chi connectivity index (χ4v) is 3.10. The van der Waals surface area contributed by atoms with E-state index in [4.69, 9.17) is 14.0 Å². The van der Waals surface area contributed by atoms with Crippen molar-refractivity contribution in [1.29, 1.82) is 0 Å². The van der Waals surface area contributed by atoms with Crippen LogP contribution in [0, 0.1) is 12.8 Å². The first-order valence-electron chi connectivity index (χ1n) is 8.77. The lowest BCUT2D eigenvalue weighted by Gasteiger charge is -2.32. The predicted octanol–water partition coefficient (Wildman–Crippen LogP) is 1.88. The molecule has 0 aliphatic carbocycles. The van der Waals surface area contributed by atoms with Crippen molar-refractivity contribution in [2.24, 2.45) is 5.92 Å². The van der Waals surface area contributed by atoms with Crippen molar-refractivity contribution in [1.82, 2.24) is 15.1 Å². The molecule has 1 aliphatic rings. The Hall–Kier alpha value is -2.71. The fraction of sp³-hybridized carbons (Fsp3) is 0.588. The lowest BCUT2D eigenvalue weighted by molar-refractivity contribution is -0.148. The van der Waals surface area contributed by atoms with Crippen molar-refractivity contribution in [3.8, 4) is 0 Å². The molecule has 2 aromatic heterocycles. The summed E-state index contributed by atoms with van der Waals surface area (Å²) in [6.45, 7) is 7.12. The molecule has 9 heteroatoms. The SMILES string of the molecule is CCOC(=O)c1noc2nc(C)nc(N3CCC(C(=O)OCC)CC3)c12. The van der Waals surface area contributed by atoms with E-state index in [-0.39, 0.29) is 29.9 Å². The number of anilines is 1. The molecular formula is C17H22N4O5. The summed E-state index contributed by atoms with van der Waals surface area (Å²) in [5.41, 5.74) is 0.326. The molecule has 3 heterocycles. The molecule has 9 nitrogen and oxygen atoms in total. The van der Waals surface area contributed by atoms with Gasteiger partial charge in [0.2, 0.25) is 5.69 Å². The van der Waals surface area contributed by atoms with Crippen LogP contribution in [-0.4, -0.2) is 53.4 Å². The maximum absolute atomic E-state index is 12.2. The quantitative estimate of drug-likeness (QED) is 0.737. The van der Waals surface area contributed by atoms with Crippen molar-refractivity contribution in [3.05, 3.63) is 11.5 Å². The van der Waals surface area contributed by atoms with Gasteiger partial charge in [0.25, 0.3) is 5.71 Å². The summed E-state index contributed by atoms with van der Waals surface area (Å²) in [7, 11) is 0. The van der Waals surface area contributed by atoms with E-state index >= 15 is 0 Å². The number of esters is 2. The molecular weight excluding hydrogens is 340 g/mol. The number of hydrogen-bond acceptors (Lipinski definition) is 9. The highest BCUT2D eigenvalue weighted by Gasteiger charge is 2.30. The van der Waals surface area contributed by atoms with Crippen LogP contribution >= 0.6 is 0 Å². The lowest BCUT2D eigenvalue weighted by atomic mass is 9.97. The molecule has 0 N–H and O–H groups in total. The van der Waals surface area contributed by atoms with Crippen molar-refractivity contribution in [3.63, 3.8) is 0 Å². The largest absolute Gasteiger partial charge is 0.466 e. The van der Waals surface area contributed by atoms with E-state index < -0.39 is 5.97 Å². The number of carbonyl (C=O) groups is 2. The molecule has 0 aromatic carbocycles. The first kappa shape index (κ1) is 18.1. The molecule has 0 radical (unpaired) electrons. The lowest BCUT2D eigenvalue weighted by Crippen LogP contribution is -2.37. The Morgan fingerprint density at radius 1 is 1.15 bits per heavy atom. The topological polar surface area (TPSA) is 108 Å². The first-order chi connectivity index (χ1) is 12.5. The van der Waals surface area contributed by atoms with Gasteiger partial charge in [-0.3, -0.25) is 4.79 Å². The first-order valence-corrected chi connectivity index (χ1v) is 8.77. The van der Waals surface area contributed by atoms with E-state index in [1.807, 2.05) is 4.90 Å². The molecule has 1 saturated heterocycles. The van der Waals surface area contributed by atoms with Crippen molar-refractivity contribution in [2.45, 2.75) is 33.6 Å². The number of ether oxygens (including phenoxy) is 2. The second-order valence-electron chi connectivity index (χ2n) is 6.04. The van der Waals surface area contributed by atoms with Gasteiger partial charge in [-0.2, -0.15) is 4.98 Å². The molecule has 1 fully saturated rings. The summed E-state index contributed by atoms with van der Waals surface area (Å²) in [5.74, 6) is 0.261. The van der Waals surface area contributed by atoms with Gasteiger partial charge in [0.15, 0.2) is 0 Å². The normalized spacial score (nSPS) is 15.3. The number of aryl methyl sites for hydroxylation is 1. The summed E-state index contributed by atoms with van der Waals surface area (Å²) < 4.78 is 15.4. The standard InChI is InChI=1S/C17H22N4O5/c1-4-24-16(22)11-6-8-21(9-7-11)14-12-13(17(23)25-5-2)20-26-15(12)19-10(3)18-14/h11H,4-9H2,1-3H3. The Balaban J connectivity index is 1.89. The smallest absolute Gasteiger partial charge is 0.361 e. The van der Waals surface area contributed by atoms with Crippen LogP contribution in [0.2, 0.25) is 0 Å². The minimum Gasteiger partial charge on any atom is -0.466 e. The second-order valence-corrected chi connectivity index (χ2v) is 6.04. The van der Waals surface area contributed by atoms with Gasteiger partial charge >= 0.3 is 11.9 Å². The maximum atomic E-state index is 12.2. The number of nitrogens with zero attached hydrogens (tertiary/aromatic N) is 4.